The van der Waals surface area contributed by atoms with Crippen LogP contribution in [0.15, 0.2) is 54.7 Å². The van der Waals surface area contributed by atoms with E-state index in [-0.39, 0.29) is 11.6 Å². The van der Waals surface area contributed by atoms with Crippen LogP contribution in [0.5, 0.6) is 0 Å². The number of aromatic nitrogens is 2. The third-order valence-electron chi connectivity index (χ3n) is 3.88. The van der Waals surface area contributed by atoms with E-state index in [1.165, 1.54) is 12.3 Å². The van der Waals surface area contributed by atoms with E-state index >= 15 is 0 Å². The standard InChI is InChI=1S/C18H14F3N3O/c1-11(18(19,20)21)16-15-8-7-14(9-13(15)10-22-24-16)23-17(25)12-5-3-2-4-6-12/h2-11H,1H3,(H,23,25)/t11-/m1/s1. The Morgan fingerprint density at radius 1 is 1.12 bits per heavy atom. The second-order valence-corrected chi connectivity index (χ2v) is 5.62. The minimum absolute atomic E-state index is 0.133. The van der Waals surface area contributed by atoms with Gasteiger partial charge in [-0.05, 0) is 31.2 Å². The first kappa shape index (κ1) is 16.9. The minimum Gasteiger partial charge on any atom is -0.322 e. The molecule has 0 unspecified atom stereocenters. The number of fused-ring (bicyclic) bond motifs is 1. The molecule has 0 saturated heterocycles. The van der Waals surface area contributed by atoms with Gasteiger partial charge >= 0.3 is 6.18 Å². The Balaban J connectivity index is 1.92. The summed E-state index contributed by atoms with van der Waals surface area (Å²) in [6, 6.07) is 13.3. The first-order chi connectivity index (χ1) is 11.9. The first-order valence-corrected chi connectivity index (χ1v) is 7.54. The van der Waals surface area contributed by atoms with E-state index in [9.17, 15) is 18.0 Å². The number of carbonyl (C=O) groups is 1. The number of alkyl halides is 3. The molecule has 4 nitrogen and oxygen atoms in total. The molecule has 0 saturated carbocycles. The number of hydrogen-bond acceptors (Lipinski definition) is 3. The summed E-state index contributed by atoms with van der Waals surface area (Å²) in [5.41, 5.74) is 0.827. The van der Waals surface area contributed by atoms with E-state index in [0.29, 0.717) is 22.0 Å². The molecule has 0 fully saturated rings. The van der Waals surface area contributed by atoms with Crippen molar-refractivity contribution in [1.82, 2.24) is 10.2 Å². The van der Waals surface area contributed by atoms with E-state index in [1.807, 2.05) is 0 Å². The third kappa shape index (κ3) is 3.60. The Morgan fingerprint density at radius 2 is 1.84 bits per heavy atom. The van der Waals surface area contributed by atoms with Crippen LogP contribution in [-0.2, 0) is 0 Å². The van der Waals surface area contributed by atoms with Gasteiger partial charge in [0, 0.05) is 22.0 Å². The van der Waals surface area contributed by atoms with E-state index in [4.69, 9.17) is 0 Å². The van der Waals surface area contributed by atoms with Crippen LogP contribution in [0.4, 0.5) is 18.9 Å². The van der Waals surface area contributed by atoms with Gasteiger partial charge in [-0.15, -0.1) is 0 Å². The smallest absolute Gasteiger partial charge is 0.322 e. The average molecular weight is 345 g/mol. The lowest BCUT2D eigenvalue weighted by Crippen LogP contribution is -2.19. The van der Waals surface area contributed by atoms with Crippen molar-refractivity contribution in [3.8, 4) is 0 Å². The summed E-state index contributed by atoms with van der Waals surface area (Å²) in [6.45, 7) is 1.05. The van der Waals surface area contributed by atoms with Crippen LogP contribution < -0.4 is 5.32 Å². The summed E-state index contributed by atoms with van der Waals surface area (Å²) < 4.78 is 38.9. The van der Waals surface area contributed by atoms with Gasteiger partial charge in [0.15, 0.2) is 0 Å². The zero-order valence-electron chi connectivity index (χ0n) is 13.2. The molecule has 1 atom stereocenters. The third-order valence-corrected chi connectivity index (χ3v) is 3.88. The zero-order chi connectivity index (χ0) is 18.0. The summed E-state index contributed by atoms with van der Waals surface area (Å²) in [6.07, 6.45) is -3.02. The van der Waals surface area contributed by atoms with Crippen molar-refractivity contribution >= 4 is 22.4 Å². The fraction of sp³-hybridized carbons (Fsp3) is 0.167. The molecule has 25 heavy (non-hydrogen) atoms. The summed E-state index contributed by atoms with van der Waals surface area (Å²) in [4.78, 5) is 12.2. The molecule has 128 valence electrons. The molecule has 0 aliphatic heterocycles. The molecule has 1 heterocycles. The molecular weight excluding hydrogens is 331 g/mol. The molecule has 0 radical (unpaired) electrons. The number of hydrogen-bond donors (Lipinski definition) is 1. The summed E-state index contributed by atoms with van der Waals surface area (Å²) >= 11 is 0. The van der Waals surface area contributed by atoms with Gasteiger partial charge in [0.2, 0.25) is 0 Å². The van der Waals surface area contributed by atoms with Crippen molar-refractivity contribution in [2.75, 3.05) is 5.32 Å². The molecule has 1 N–H and O–H groups in total. The van der Waals surface area contributed by atoms with Crippen molar-refractivity contribution in [2.45, 2.75) is 19.0 Å². The van der Waals surface area contributed by atoms with E-state index in [1.54, 1.807) is 42.5 Å². The molecule has 0 bridgehead atoms. The van der Waals surface area contributed by atoms with Crippen LogP contribution in [-0.4, -0.2) is 22.3 Å². The van der Waals surface area contributed by atoms with Gasteiger partial charge in [-0.1, -0.05) is 24.3 Å². The van der Waals surface area contributed by atoms with Gasteiger partial charge in [-0.2, -0.15) is 23.4 Å². The van der Waals surface area contributed by atoms with Gasteiger partial charge in [0.05, 0.1) is 17.8 Å². The second kappa shape index (κ2) is 6.51. The average Bonchev–Trinajstić information content (AvgIpc) is 2.60. The van der Waals surface area contributed by atoms with Crippen LogP contribution in [0.1, 0.15) is 28.9 Å². The number of nitrogens with zero attached hydrogens (tertiary/aromatic N) is 2. The van der Waals surface area contributed by atoms with Crippen molar-refractivity contribution in [3.63, 3.8) is 0 Å². The number of halogens is 3. The molecule has 1 aromatic heterocycles. The quantitative estimate of drug-likeness (QED) is 0.758. The number of anilines is 1. The van der Waals surface area contributed by atoms with Crippen molar-refractivity contribution in [1.29, 1.82) is 0 Å². The van der Waals surface area contributed by atoms with Crippen molar-refractivity contribution < 1.29 is 18.0 Å². The second-order valence-electron chi connectivity index (χ2n) is 5.62. The minimum atomic E-state index is -4.40. The van der Waals surface area contributed by atoms with E-state index in [0.717, 1.165) is 6.92 Å². The van der Waals surface area contributed by atoms with Crippen molar-refractivity contribution in [3.05, 3.63) is 66.0 Å². The van der Waals surface area contributed by atoms with E-state index < -0.39 is 12.1 Å². The van der Waals surface area contributed by atoms with Crippen LogP contribution >= 0.6 is 0 Å². The van der Waals surface area contributed by atoms with Crippen LogP contribution in [0.3, 0.4) is 0 Å². The Labute approximate surface area is 141 Å². The highest BCUT2D eigenvalue weighted by Crippen LogP contribution is 2.36. The highest BCUT2D eigenvalue weighted by Gasteiger charge is 2.39. The molecular formula is C18H14F3N3O. The summed E-state index contributed by atoms with van der Waals surface area (Å²) in [5, 5.41) is 10.9. The van der Waals surface area contributed by atoms with Gasteiger partial charge in [0.25, 0.3) is 5.91 Å². The predicted molar refractivity (Wildman–Crippen MR) is 88.4 cm³/mol. The predicted octanol–water partition coefficient (Wildman–Crippen LogP) is 4.55. The molecule has 0 aliphatic carbocycles. The SMILES string of the molecule is C[C@H](c1nncc2cc(NC(=O)c3ccccc3)ccc12)C(F)(F)F. The first-order valence-electron chi connectivity index (χ1n) is 7.54. The number of amides is 1. The maximum Gasteiger partial charge on any atom is 0.397 e. The van der Waals surface area contributed by atoms with Crippen molar-refractivity contribution in [2.24, 2.45) is 0 Å². The largest absolute Gasteiger partial charge is 0.397 e. The lowest BCUT2D eigenvalue weighted by molar-refractivity contribution is -0.146. The molecule has 0 spiro atoms. The van der Waals surface area contributed by atoms with Crippen LogP contribution in [0.2, 0.25) is 0 Å². The summed E-state index contributed by atoms with van der Waals surface area (Å²) in [7, 11) is 0. The highest BCUT2D eigenvalue weighted by molar-refractivity contribution is 6.05. The molecule has 0 aliphatic rings. The van der Waals surface area contributed by atoms with Crippen LogP contribution in [0.25, 0.3) is 10.8 Å². The fourth-order valence-corrected chi connectivity index (χ4v) is 2.46. The topological polar surface area (TPSA) is 54.9 Å². The molecule has 7 heteroatoms. The Kier molecular flexibility index (Phi) is 4.39. The Morgan fingerprint density at radius 3 is 2.52 bits per heavy atom. The van der Waals surface area contributed by atoms with E-state index in [2.05, 4.69) is 15.5 Å². The number of nitrogens with one attached hydrogen (secondary N) is 1. The van der Waals surface area contributed by atoms with Crippen LogP contribution in [0, 0.1) is 0 Å². The highest BCUT2D eigenvalue weighted by atomic mass is 19.4. The fourth-order valence-electron chi connectivity index (χ4n) is 2.46. The molecule has 3 rings (SSSR count). The lowest BCUT2D eigenvalue weighted by Gasteiger charge is -2.16. The number of carbonyl (C=O) groups excluding carboxylic acids is 1. The van der Waals surface area contributed by atoms with Gasteiger partial charge in [-0.25, -0.2) is 0 Å². The number of benzene rings is 2. The maximum absolute atomic E-state index is 13.0. The monoisotopic (exact) mass is 345 g/mol. The Bertz CT molecular complexity index is 910. The Hall–Kier alpha value is -2.96. The maximum atomic E-state index is 13.0. The van der Waals surface area contributed by atoms with Gasteiger partial charge in [0.1, 0.15) is 0 Å². The zero-order valence-corrected chi connectivity index (χ0v) is 13.2. The number of rotatable bonds is 3. The normalized spacial score (nSPS) is 12.8. The lowest BCUT2D eigenvalue weighted by atomic mass is 10.0. The molecule has 2 aromatic carbocycles. The molecule has 3 aromatic rings. The van der Waals surface area contributed by atoms with Gasteiger partial charge < -0.3 is 5.32 Å². The summed E-state index contributed by atoms with van der Waals surface area (Å²) in [5.74, 6) is -2.03. The van der Waals surface area contributed by atoms with Gasteiger partial charge in [-0.3, -0.25) is 4.79 Å². The molecule has 1 amide bonds.